The lowest BCUT2D eigenvalue weighted by Crippen LogP contribution is -2.35. The van der Waals surface area contributed by atoms with Gasteiger partial charge in [-0.15, -0.1) is 0 Å². The first kappa shape index (κ1) is 16.5. The summed E-state index contributed by atoms with van der Waals surface area (Å²) < 4.78 is 54.2. The number of aliphatic carboxylic acids is 1. The molecule has 0 saturated carbocycles. The van der Waals surface area contributed by atoms with E-state index >= 15 is 0 Å². The largest absolute Gasteiger partial charge is 0.481 e. The topological polar surface area (TPSA) is 49.8 Å². The van der Waals surface area contributed by atoms with Crippen LogP contribution in [0.4, 0.5) is 17.6 Å². The maximum Gasteiger partial charge on any atom is 0.422 e. The van der Waals surface area contributed by atoms with Gasteiger partial charge < -0.3 is 9.84 Å². The predicted molar refractivity (Wildman–Crippen MR) is 69.0 cm³/mol. The van der Waals surface area contributed by atoms with Crippen LogP contribution in [0.1, 0.15) is 18.4 Å². The van der Waals surface area contributed by atoms with Gasteiger partial charge in [-0.3, -0.25) is 9.69 Å². The van der Waals surface area contributed by atoms with Crippen LogP contribution >= 0.6 is 0 Å². The summed E-state index contributed by atoms with van der Waals surface area (Å²) >= 11 is 0. The first-order chi connectivity index (χ1) is 10.3. The van der Waals surface area contributed by atoms with E-state index in [2.05, 4.69) is 4.74 Å². The quantitative estimate of drug-likeness (QED) is 0.847. The minimum atomic E-state index is -4.53. The van der Waals surface area contributed by atoms with Gasteiger partial charge in [-0.2, -0.15) is 13.2 Å². The van der Waals surface area contributed by atoms with Crippen molar-refractivity contribution >= 4 is 5.97 Å². The van der Waals surface area contributed by atoms with Crippen LogP contribution in [-0.4, -0.2) is 41.3 Å². The molecule has 22 heavy (non-hydrogen) atoms. The molecule has 1 aliphatic heterocycles. The van der Waals surface area contributed by atoms with E-state index in [0.717, 1.165) is 18.6 Å². The standard InChI is InChI=1S/C14H15F4NO3/c15-10-6-9(3-4-12(10)22-8-14(16,17)18)7-19-5-1-2-11(19)13(20)21/h3-4,6,11H,1-2,5,7-8H2,(H,20,21)/t11-/m0/s1. The zero-order valence-electron chi connectivity index (χ0n) is 11.6. The number of carbonyl (C=O) groups is 1. The van der Waals surface area contributed by atoms with Gasteiger partial charge in [0, 0.05) is 6.54 Å². The average molecular weight is 321 g/mol. The second-order valence-corrected chi connectivity index (χ2v) is 5.14. The zero-order chi connectivity index (χ0) is 16.3. The Balaban J connectivity index is 2.01. The Bertz CT molecular complexity index is 547. The molecule has 1 atom stereocenters. The van der Waals surface area contributed by atoms with Crippen LogP contribution in [0.3, 0.4) is 0 Å². The number of hydrogen-bond donors (Lipinski definition) is 1. The number of likely N-dealkylation sites (tertiary alicyclic amines) is 1. The predicted octanol–water partition coefficient (Wildman–Crippen LogP) is 2.82. The SMILES string of the molecule is O=C(O)[C@@H]1CCCN1Cc1ccc(OCC(F)(F)F)c(F)c1. The van der Waals surface area contributed by atoms with E-state index in [-0.39, 0.29) is 6.54 Å². The summed E-state index contributed by atoms with van der Waals surface area (Å²) in [5.74, 6) is -2.30. The van der Waals surface area contributed by atoms with Crippen LogP contribution < -0.4 is 4.74 Å². The summed E-state index contributed by atoms with van der Waals surface area (Å²) in [7, 11) is 0. The van der Waals surface area contributed by atoms with Crippen molar-refractivity contribution in [3.05, 3.63) is 29.6 Å². The molecule has 0 spiro atoms. The summed E-state index contributed by atoms with van der Waals surface area (Å²) in [6.45, 7) is -0.741. The zero-order valence-corrected chi connectivity index (χ0v) is 11.6. The van der Waals surface area contributed by atoms with Gasteiger partial charge in [0.25, 0.3) is 0 Å². The smallest absolute Gasteiger partial charge is 0.422 e. The van der Waals surface area contributed by atoms with Gasteiger partial charge in [-0.25, -0.2) is 4.39 Å². The molecule has 1 fully saturated rings. The van der Waals surface area contributed by atoms with Crippen molar-refractivity contribution in [3.63, 3.8) is 0 Å². The van der Waals surface area contributed by atoms with Gasteiger partial charge in [0.05, 0.1) is 0 Å². The molecule has 1 aromatic rings. The third-order valence-corrected chi connectivity index (χ3v) is 3.42. The Morgan fingerprint density at radius 1 is 1.41 bits per heavy atom. The van der Waals surface area contributed by atoms with Crippen molar-refractivity contribution in [1.29, 1.82) is 0 Å². The third kappa shape index (κ3) is 4.33. The molecule has 122 valence electrons. The van der Waals surface area contributed by atoms with Gasteiger partial charge in [0.15, 0.2) is 18.2 Å². The van der Waals surface area contributed by atoms with E-state index < -0.39 is 36.4 Å². The average Bonchev–Trinajstić information content (AvgIpc) is 2.85. The number of alkyl halides is 3. The van der Waals surface area contributed by atoms with E-state index in [1.807, 2.05) is 0 Å². The van der Waals surface area contributed by atoms with Crippen LogP contribution in [-0.2, 0) is 11.3 Å². The highest BCUT2D eigenvalue weighted by atomic mass is 19.4. The summed E-state index contributed by atoms with van der Waals surface area (Å²) in [5.41, 5.74) is 0.491. The van der Waals surface area contributed by atoms with Crippen LogP contribution in [0.15, 0.2) is 18.2 Å². The highest BCUT2D eigenvalue weighted by molar-refractivity contribution is 5.73. The highest BCUT2D eigenvalue weighted by Gasteiger charge is 2.31. The number of carboxylic acids is 1. The molecule has 1 aromatic carbocycles. The van der Waals surface area contributed by atoms with Crippen molar-refractivity contribution < 1.29 is 32.2 Å². The van der Waals surface area contributed by atoms with E-state index in [1.54, 1.807) is 4.90 Å². The lowest BCUT2D eigenvalue weighted by atomic mass is 10.1. The van der Waals surface area contributed by atoms with Gasteiger partial charge in [0.1, 0.15) is 6.04 Å². The number of hydrogen-bond acceptors (Lipinski definition) is 3. The van der Waals surface area contributed by atoms with Crippen molar-refractivity contribution in [2.75, 3.05) is 13.2 Å². The summed E-state index contributed by atoms with van der Waals surface area (Å²) in [6, 6.07) is 3.03. The molecule has 2 rings (SSSR count). The summed E-state index contributed by atoms with van der Waals surface area (Å²) in [4.78, 5) is 12.8. The van der Waals surface area contributed by atoms with Crippen molar-refractivity contribution in [2.45, 2.75) is 31.6 Å². The Labute approximate surface area is 124 Å². The minimum absolute atomic E-state index is 0.230. The monoisotopic (exact) mass is 321 g/mol. The number of rotatable bonds is 5. The lowest BCUT2D eigenvalue weighted by Gasteiger charge is -2.21. The van der Waals surface area contributed by atoms with E-state index in [1.165, 1.54) is 6.07 Å². The Morgan fingerprint density at radius 3 is 2.73 bits per heavy atom. The van der Waals surface area contributed by atoms with Crippen LogP contribution in [0.5, 0.6) is 5.75 Å². The number of benzene rings is 1. The molecule has 0 amide bonds. The van der Waals surface area contributed by atoms with Gasteiger partial charge in [-0.05, 0) is 37.1 Å². The van der Waals surface area contributed by atoms with Crippen molar-refractivity contribution in [3.8, 4) is 5.75 Å². The Morgan fingerprint density at radius 2 is 2.14 bits per heavy atom. The highest BCUT2D eigenvalue weighted by Crippen LogP contribution is 2.25. The second-order valence-electron chi connectivity index (χ2n) is 5.14. The third-order valence-electron chi connectivity index (χ3n) is 3.42. The van der Waals surface area contributed by atoms with Gasteiger partial charge >= 0.3 is 12.1 Å². The summed E-state index contributed by atoms with van der Waals surface area (Å²) in [5, 5.41) is 9.06. The van der Waals surface area contributed by atoms with Crippen molar-refractivity contribution in [1.82, 2.24) is 4.90 Å². The Kier molecular flexibility index (Phi) is 4.90. The fourth-order valence-corrected chi connectivity index (χ4v) is 2.45. The molecule has 1 N–H and O–H groups in total. The molecule has 0 radical (unpaired) electrons. The van der Waals surface area contributed by atoms with Gasteiger partial charge in [-0.1, -0.05) is 6.07 Å². The van der Waals surface area contributed by atoms with E-state index in [0.29, 0.717) is 18.5 Å². The van der Waals surface area contributed by atoms with Crippen LogP contribution in [0, 0.1) is 5.82 Å². The van der Waals surface area contributed by atoms with E-state index in [9.17, 15) is 22.4 Å². The fraction of sp³-hybridized carbons (Fsp3) is 0.500. The fourth-order valence-electron chi connectivity index (χ4n) is 2.45. The molecular weight excluding hydrogens is 306 g/mol. The maximum atomic E-state index is 13.7. The molecule has 0 unspecified atom stereocenters. The molecule has 4 nitrogen and oxygen atoms in total. The van der Waals surface area contributed by atoms with Crippen molar-refractivity contribution in [2.24, 2.45) is 0 Å². The van der Waals surface area contributed by atoms with Crippen LogP contribution in [0.2, 0.25) is 0 Å². The Hall–Kier alpha value is -1.83. The molecule has 0 bridgehead atoms. The molecule has 1 aliphatic rings. The maximum absolute atomic E-state index is 13.7. The number of halogens is 4. The first-order valence-electron chi connectivity index (χ1n) is 6.71. The number of nitrogens with zero attached hydrogens (tertiary/aromatic N) is 1. The normalized spacial score (nSPS) is 19.4. The first-order valence-corrected chi connectivity index (χ1v) is 6.71. The van der Waals surface area contributed by atoms with Gasteiger partial charge in [0.2, 0.25) is 0 Å². The number of ether oxygens (including phenoxy) is 1. The molecule has 8 heteroatoms. The molecule has 0 aromatic heterocycles. The van der Waals surface area contributed by atoms with E-state index in [4.69, 9.17) is 5.11 Å². The minimum Gasteiger partial charge on any atom is -0.481 e. The van der Waals surface area contributed by atoms with Crippen LogP contribution in [0.25, 0.3) is 0 Å². The molecular formula is C14H15F4NO3. The second kappa shape index (κ2) is 6.51. The molecule has 1 saturated heterocycles. The molecule has 1 heterocycles. The lowest BCUT2D eigenvalue weighted by molar-refractivity contribution is -0.153. The number of carboxylic acid groups (broad SMARTS) is 1. The summed E-state index contributed by atoms with van der Waals surface area (Å²) in [6.07, 6.45) is -3.26. The molecule has 0 aliphatic carbocycles.